The number of aryl methyl sites for hydroxylation is 2. The van der Waals surface area contributed by atoms with E-state index in [1.165, 1.54) is 60.5 Å². The topological polar surface area (TPSA) is 0 Å². The van der Waals surface area contributed by atoms with Crippen LogP contribution in [-0.4, -0.2) is 6.88 Å². The minimum atomic E-state index is 0.600. The van der Waals surface area contributed by atoms with Gasteiger partial charge in [-0.25, -0.2) is 0 Å². The average molecular weight is 653 g/mol. The Labute approximate surface area is 274 Å². The molecule has 224 valence electrons. The summed E-state index contributed by atoms with van der Waals surface area (Å²) in [5.74, 6) is 2.42. The Balaban J connectivity index is 0.000000225. The van der Waals surface area contributed by atoms with Crippen LogP contribution in [0.2, 0.25) is 0 Å². The van der Waals surface area contributed by atoms with Crippen LogP contribution in [0.5, 0.6) is 0 Å². The summed E-state index contributed by atoms with van der Waals surface area (Å²) < 4.78 is 0. The first kappa shape index (κ1) is 36.0. The van der Waals surface area contributed by atoms with Gasteiger partial charge in [0, 0.05) is 0 Å². The van der Waals surface area contributed by atoms with Crippen LogP contribution in [0.1, 0.15) is 125 Å². The van der Waals surface area contributed by atoms with Crippen molar-refractivity contribution >= 4 is 28.4 Å². The van der Waals surface area contributed by atoms with E-state index >= 15 is 0 Å². The average Bonchev–Trinajstić information content (AvgIpc) is 3.54. The summed E-state index contributed by atoms with van der Waals surface area (Å²) in [5, 5.41) is 5.70. The van der Waals surface area contributed by atoms with E-state index in [4.69, 9.17) is 0 Å². The molecule has 2 heteroatoms. The maximum absolute atomic E-state index is 2.39. The third-order valence-corrected chi connectivity index (χ3v) is 7.75. The second-order valence-electron chi connectivity index (χ2n) is 12.6. The molecule has 0 N–H and O–H groups in total. The van der Waals surface area contributed by atoms with Crippen LogP contribution in [0.15, 0.2) is 78.9 Å². The SMILES string of the molecule is C[CH-]c1ccccc1.Cc1cc2c(C(C)C)cc(C(C)C)cc2[cH-]1.Cc1cc2c(C(C)C)cc(C(C)C)cc2[cH-]1.[SiH2]=[Zr]. The van der Waals surface area contributed by atoms with Crippen molar-refractivity contribution in [2.75, 3.05) is 0 Å². The van der Waals surface area contributed by atoms with Gasteiger partial charge in [0.25, 0.3) is 0 Å². The summed E-state index contributed by atoms with van der Waals surface area (Å²) in [6.45, 7) is 26.5. The molecule has 0 aromatic heterocycles. The third kappa shape index (κ3) is 9.96. The van der Waals surface area contributed by atoms with Crippen molar-refractivity contribution in [1.82, 2.24) is 0 Å². The van der Waals surface area contributed by atoms with Crippen molar-refractivity contribution in [3.8, 4) is 0 Å². The van der Waals surface area contributed by atoms with E-state index in [-0.39, 0.29) is 0 Å². The van der Waals surface area contributed by atoms with E-state index in [1.54, 1.807) is 23.3 Å². The van der Waals surface area contributed by atoms with E-state index in [2.05, 4.69) is 136 Å². The Morgan fingerprint density at radius 1 is 0.571 bits per heavy atom. The summed E-state index contributed by atoms with van der Waals surface area (Å²) in [7, 11) is 0. The van der Waals surface area contributed by atoms with Gasteiger partial charge < -0.3 is 0 Å². The molecular formula is C40H53SiZr-3. The van der Waals surface area contributed by atoms with Crippen LogP contribution in [0, 0.1) is 20.3 Å². The van der Waals surface area contributed by atoms with Crippen molar-refractivity contribution in [3.63, 3.8) is 0 Å². The standard InChI is InChI=1S/2C16H21.C8H9.H2Si.Zr/c2*1-10(2)13-8-14-6-12(5)7-16(14)15(9-13)11(3)4;1-2-8-6-4-3-5-7-8;;/h2*6-11H,1-5H3;2-7H,1H3;1H2;/q3*-1;;. The molecule has 0 radical (unpaired) electrons. The molecule has 5 aromatic carbocycles. The third-order valence-electron chi connectivity index (χ3n) is 7.75. The van der Waals surface area contributed by atoms with Gasteiger partial charge in [-0.15, -0.1) is 69.1 Å². The summed E-state index contributed by atoms with van der Waals surface area (Å²) >= 11 is 1.58. The second-order valence-corrected chi connectivity index (χ2v) is 12.6. The summed E-state index contributed by atoms with van der Waals surface area (Å²) in [4.78, 5) is 0. The van der Waals surface area contributed by atoms with Crippen LogP contribution in [0.4, 0.5) is 0 Å². The Morgan fingerprint density at radius 3 is 1.24 bits per heavy atom. The molecule has 0 unspecified atom stereocenters. The molecule has 0 heterocycles. The molecule has 0 bridgehead atoms. The zero-order valence-electron chi connectivity index (χ0n) is 28.1. The molecule has 0 spiro atoms. The Kier molecular flexibility index (Phi) is 14.8. The van der Waals surface area contributed by atoms with Gasteiger partial charge in [-0.1, -0.05) is 117 Å². The van der Waals surface area contributed by atoms with Gasteiger partial charge in [-0.2, -0.15) is 36.2 Å². The van der Waals surface area contributed by atoms with Gasteiger partial charge in [0.2, 0.25) is 0 Å². The van der Waals surface area contributed by atoms with Crippen LogP contribution < -0.4 is 0 Å². The molecule has 0 amide bonds. The summed E-state index contributed by atoms with van der Waals surface area (Å²) in [5.41, 5.74) is 9.94. The van der Waals surface area contributed by atoms with Crippen LogP contribution in [-0.2, 0) is 23.3 Å². The van der Waals surface area contributed by atoms with Gasteiger partial charge >= 0.3 is 30.2 Å². The van der Waals surface area contributed by atoms with Crippen LogP contribution in [0.25, 0.3) is 21.5 Å². The van der Waals surface area contributed by atoms with Crippen molar-refractivity contribution in [3.05, 3.63) is 124 Å². The van der Waals surface area contributed by atoms with Crippen molar-refractivity contribution in [1.29, 1.82) is 0 Å². The Bertz CT molecular complexity index is 1420. The maximum atomic E-state index is 2.39. The normalized spacial score (nSPS) is 10.8. The van der Waals surface area contributed by atoms with Gasteiger partial charge in [0.1, 0.15) is 0 Å². The fraction of sp³-hybridized carbons (Fsp3) is 0.375. The monoisotopic (exact) mass is 651 g/mol. The zero-order chi connectivity index (χ0) is 31.6. The fourth-order valence-electron chi connectivity index (χ4n) is 5.31. The summed E-state index contributed by atoms with van der Waals surface area (Å²) in [6, 6.07) is 29.0. The molecule has 0 atom stereocenters. The quantitative estimate of drug-likeness (QED) is 0.131. The number of hydrogen-bond acceptors (Lipinski definition) is 0. The molecule has 5 aromatic rings. The van der Waals surface area contributed by atoms with Crippen LogP contribution in [0.3, 0.4) is 0 Å². The minimum absolute atomic E-state index is 0.600. The van der Waals surface area contributed by atoms with E-state index in [9.17, 15) is 0 Å². The predicted molar refractivity (Wildman–Crippen MR) is 189 cm³/mol. The van der Waals surface area contributed by atoms with Crippen molar-refractivity contribution < 1.29 is 23.3 Å². The molecule has 5 rings (SSSR count). The number of benzene rings is 3. The van der Waals surface area contributed by atoms with Gasteiger partial charge in [-0.3, -0.25) is 0 Å². The predicted octanol–water partition coefficient (Wildman–Crippen LogP) is 11.6. The van der Waals surface area contributed by atoms with Gasteiger partial charge in [-0.05, 0) is 23.7 Å². The van der Waals surface area contributed by atoms with E-state index < -0.39 is 0 Å². The molecule has 0 aliphatic rings. The van der Waals surface area contributed by atoms with E-state index in [1.807, 2.05) is 32.0 Å². The van der Waals surface area contributed by atoms with Crippen molar-refractivity contribution in [2.24, 2.45) is 0 Å². The molecule has 0 saturated carbocycles. The van der Waals surface area contributed by atoms with E-state index in [0.29, 0.717) is 23.7 Å². The van der Waals surface area contributed by atoms with E-state index in [0.717, 1.165) is 0 Å². The molecule has 0 aliphatic heterocycles. The zero-order valence-corrected chi connectivity index (χ0v) is 32.0. The Hall–Kier alpha value is -2.15. The summed E-state index contributed by atoms with van der Waals surface area (Å²) in [6.07, 6.45) is 2.08. The second kappa shape index (κ2) is 17.2. The van der Waals surface area contributed by atoms with Crippen LogP contribution >= 0.6 is 0 Å². The first-order chi connectivity index (χ1) is 19.9. The molecule has 0 saturated heterocycles. The van der Waals surface area contributed by atoms with Gasteiger partial charge in [0.15, 0.2) is 0 Å². The fourth-order valence-corrected chi connectivity index (χ4v) is 5.31. The Morgan fingerprint density at radius 2 is 0.952 bits per heavy atom. The molecule has 42 heavy (non-hydrogen) atoms. The molecule has 0 nitrogen and oxygen atoms in total. The number of rotatable bonds is 5. The van der Waals surface area contributed by atoms with Crippen molar-refractivity contribution in [2.45, 2.75) is 99.8 Å². The first-order valence-corrected chi connectivity index (χ1v) is 21.4. The van der Waals surface area contributed by atoms with Gasteiger partial charge in [0.05, 0.1) is 0 Å². The molecule has 0 aliphatic carbocycles. The first-order valence-electron chi connectivity index (χ1n) is 15.5. The number of hydrogen-bond donors (Lipinski definition) is 0. The molecule has 0 fully saturated rings. The molecular weight excluding hydrogens is 600 g/mol. The number of fused-ring (bicyclic) bond motifs is 2.